The molecule has 31 heavy (non-hydrogen) atoms. The smallest absolute Gasteiger partial charge is 0.260 e. The molecule has 1 saturated heterocycles. The van der Waals surface area contributed by atoms with Crippen LogP contribution in [0.15, 0.2) is 24.3 Å². The van der Waals surface area contributed by atoms with Crippen LogP contribution >= 0.6 is 0 Å². The van der Waals surface area contributed by atoms with Crippen molar-refractivity contribution >= 4 is 11.8 Å². The summed E-state index contributed by atoms with van der Waals surface area (Å²) < 4.78 is 46.0. The molecule has 166 valence electrons. The molecule has 2 amide bonds. The first-order valence-corrected chi connectivity index (χ1v) is 10.1. The highest BCUT2D eigenvalue weighted by molar-refractivity contribution is 5.94. The molecule has 0 radical (unpaired) electrons. The van der Waals surface area contributed by atoms with Gasteiger partial charge in [-0.15, -0.1) is 0 Å². The monoisotopic (exact) mass is 434 g/mol. The van der Waals surface area contributed by atoms with Gasteiger partial charge in [-0.25, -0.2) is 13.2 Å². The lowest BCUT2D eigenvalue weighted by Gasteiger charge is -2.32. The lowest BCUT2D eigenvalue weighted by atomic mass is 10.0. The number of hydrogen-bond acceptors (Lipinski definition) is 3. The minimum atomic E-state index is -1.67. The molecule has 0 saturated carbocycles. The Morgan fingerprint density at radius 3 is 2.32 bits per heavy atom. The zero-order chi connectivity index (χ0) is 22.7. The van der Waals surface area contributed by atoms with E-state index in [1.165, 1.54) is 0 Å². The number of halogens is 3. The third kappa shape index (κ3) is 5.00. The molecule has 1 N–H and O–H groups in total. The zero-order valence-electron chi connectivity index (χ0n) is 17.7. The van der Waals surface area contributed by atoms with E-state index in [2.05, 4.69) is 5.32 Å². The van der Waals surface area contributed by atoms with Gasteiger partial charge in [-0.3, -0.25) is 9.59 Å². The van der Waals surface area contributed by atoms with Gasteiger partial charge in [-0.2, -0.15) is 0 Å². The minimum absolute atomic E-state index is 0.0811. The fraction of sp³-hybridized carbons (Fsp3) is 0.391. The zero-order valence-corrected chi connectivity index (χ0v) is 17.7. The van der Waals surface area contributed by atoms with Crippen molar-refractivity contribution in [2.45, 2.75) is 39.7 Å². The Labute approximate surface area is 179 Å². The molecule has 0 spiro atoms. The highest BCUT2D eigenvalue weighted by atomic mass is 19.2. The summed E-state index contributed by atoms with van der Waals surface area (Å²) in [7, 11) is 0. The topological polar surface area (TPSA) is 58.6 Å². The summed E-state index contributed by atoms with van der Waals surface area (Å²) in [5.74, 6) is -4.79. The number of aryl methyl sites for hydroxylation is 2. The summed E-state index contributed by atoms with van der Waals surface area (Å²) in [6, 6.07) is 5.28. The number of likely N-dealkylation sites (tertiary alicyclic amines) is 1. The number of benzene rings is 2. The first kappa shape index (κ1) is 22.7. The Kier molecular flexibility index (Phi) is 6.87. The van der Waals surface area contributed by atoms with Crippen molar-refractivity contribution in [2.75, 3.05) is 19.7 Å². The van der Waals surface area contributed by atoms with Crippen LogP contribution in [0.5, 0.6) is 5.75 Å². The van der Waals surface area contributed by atoms with Crippen molar-refractivity contribution in [3.05, 3.63) is 64.0 Å². The van der Waals surface area contributed by atoms with Crippen LogP contribution in [0, 0.1) is 38.2 Å². The van der Waals surface area contributed by atoms with Crippen molar-refractivity contribution in [1.29, 1.82) is 0 Å². The van der Waals surface area contributed by atoms with Crippen LogP contribution in [0.2, 0.25) is 0 Å². The molecule has 0 bridgehead atoms. The number of carbonyl (C=O) groups excluding carboxylic acids is 2. The van der Waals surface area contributed by atoms with Crippen LogP contribution in [0.25, 0.3) is 0 Å². The maximum atomic E-state index is 13.8. The van der Waals surface area contributed by atoms with Gasteiger partial charge in [0.15, 0.2) is 24.1 Å². The van der Waals surface area contributed by atoms with Crippen molar-refractivity contribution in [2.24, 2.45) is 0 Å². The molecular formula is C23H25F3N2O3. The predicted octanol–water partition coefficient (Wildman–Crippen LogP) is 3.83. The molecule has 1 aliphatic rings. The molecule has 0 unspecified atom stereocenters. The average molecular weight is 434 g/mol. The molecule has 3 rings (SSSR count). The van der Waals surface area contributed by atoms with Gasteiger partial charge in [-0.05, 0) is 62.4 Å². The Hall–Kier alpha value is -3.03. The Balaban J connectivity index is 1.52. The summed E-state index contributed by atoms with van der Waals surface area (Å²) in [6.07, 6.45) is 0.927. The van der Waals surface area contributed by atoms with Crippen molar-refractivity contribution in [1.82, 2.24) is 10.2 Å². The van der Waals surface area contributed by atoms with Gasteiger partial charge in [0, 0.05) is 19.1 Å². The number of nitrogens with one attached hydrogen (secondary N) is 1. The van der Waals surface area contributed by atoms with Gasteiger partial charge >= 0.3 is 0 Å². The van der Waals surface area contributed by atoms with Crippen LogP contribution in [-0.2, 0) is 4.79 Å². The van der Waals surface area contributed by atoms with Crippen LogP contribution in [-0.4, -0.2) is 42.5 Å². The fourth-order valence-corrected chi connectivity index (χ4v) is 3.61. The summed E-state index contributed by atoms with van der Waals surface area (Å²) >= 11 is 0. The van der Waals surface area contributed by atoms with Gasteiger partial charge < -0.3 is 15.0 Å². The van der Waals surface area contributed by atoms with Gasteiger partial charge in [0.1, 0.15) is 5.75 Å². The average Bonchev–Trinajstić information content (AvgIpc) is 2.75. The highest BCUT2D eigenvalue weighted by Gasteiger charge is 2.26. The summed E-state index contributed by atoms with van der Waals surface area (Å²) in [5, 5.41) is 2.62. The summed E-state index contributed by atoms with van der Waals surface area (Å²) in [5.41, 5.74) is 2.50. The number of amides is 2. The molecule has 2 aromatic rings. The number of carbonyl (C=O) groups is 2. The van der Waals surface area contributed by atoms with E-state index >= 15 is 0 Å². The molecule has 8 heteroatoms. The number of piperidine rings is 1. The van der Waals surface area contributed by atoms with E-state index in [0.717, 1.165) is 22.8 Å². The van der Waals surface area contributed by atoms with Gasteiger partial charge in [0.2, 0.25) is 0 Å². The summed E-state index contributed by atoms with van der Waals surface area (Å²) in [4.78, 5) is 26.4. The third-order valence-electron chi connectivity index (χ3n) is 5.68. The molecule has 5 nitrogen and oxygen atoms in total. The van der Waals surface area contributed by atoms with E-state index < -0.39 is 28.9 Å². The lowest BCUT2D eigenvalue weighted by molar-refractivity contribution is -0.134. The number of rotatable bonds is 5. The normalized spacial score (nSPS) is 14.5. The number of hydrogen-bond donors (Lipinski definition) is 1. The van der Waals surface area contributed by atoms with Gasteiger partial charge in [0.05, 0.1) is 5.56 Å². The Morgan fingerprint density at radius 1 is 1.00 bits per heavy atom. The van der Waals surface area contributed by atoms with Crippen LogP contribution in [0.3, 0.4) is 0 Å². The maximum Gasteiger partial charge on any atom is 0.260 e. The van der Waals surface area contributed by atoms with E-state index in [4.69, 9.17) is 4.74 Å². The van der Waals surface area contributed by atoms with Crippen LogP contribution in [0.1, 0.15) is 39.9 Å². The second-order valence-corrected chi connectivity index (χ2v) is 7.79. The second kappa shape index (κ2) is 9.41. The van der Waals surface area contributed by atoms with E-state index in [0.29, 0.717) is 37.7 Å². The van der Waals surface area contributed by atoms with E-state index in [9.17, 15) is 22.8 Å². The minimum Gasteiger partial charge on any atom is -0.483 e. The number of ether oxygens (including phenoxy) is 1. The van der Waals surface area contributed by atoms with Crippen molar-refractivity contribution in [3.63, 3.8) is 0 Å². The van der Waals surface area contributed by atoms with Gasteiger partial charge in [-0.1, -0.05) is 12.1 Å². The van der Waals surface area contributed by atoms with E-state index in [1.807, 2.05) is 32.9 Å². The third-order valence-corrected chi connectivity index (χ3v) is 5.68. The molecule has 0 atom stereocenters. The fourth-order valence-electron chi connectivity index (χ4n) is 3.61. The largest absolute Gasteiger partial charge is 0.483 e. The molecule has 1 heterocycles. The van der Waals surface area contributed by atoms with Gasteiger partial charge in [0.25, 0.3) is 11.8 Å². The molecule has 2 aromatic carbocycles. The maximum absolute atomic E-state index is 13.8. The quantitative estimate of drug-likeness (QED) is 0.728. The second-order valence-electron chi connectivity index (χ2n) is 7.79. The standard InChI is InChI=1S/C23H25F3N2O3/c1-13-4-5-14(2)22(15(13)3)31-12-19(29)28-10-8-16(9-11-28)27-23(30)17-6-7-18(24)21(26)20(17)25/h4-7,16H,8-12H2,1-3H3,(H,27,30). The molecular weight excluding hydrogens is 409 g/mol. The highest BCUT2D eigenvalue weighted by Crippen LogP contribution is 2.26. The number of nitrogens with zero attached hydrogens (tertiary/aromatic N) is 1. The van der Waals surface area contributed by atoms with Crippen LogP contribution in [0.4, 0.5) is 13.2 Å². The molecule has 1 aliphatic heterocycles. The molecule has 0 aromatic heterocycles. The van der Waals surface area contributed by atoms with Crippen LogP contribution < -0.4 is 10.1 Å². The van der Waals surface area contributed by atoms with Crippen molar-refractivity contribution in [3.8, 4) is 5.75 Å². The SMILES string of the molecule is Cc1ccc(C)c(OCC(=O)N2CCC(NC(=O)c3ccc(F)c(F)c3F)CC2)c1C. The summed E-state index contributed by atoms with van der Waals surface area (Å²) in [6.45, 7) is 6.58. The first-order valence-electron chi connectivity index (χ1n) is 10.1. The molecule has 1 fully saturated rings. The Morgan fingerprint density at radius 2 is 1.65 bits per heavy atom. The van der Waals surface area contributed by atoms with Crippen molar-refractivity contribution < 1.29 is 27.5 Å². The van der Waals surface area contributed by atoms with E-state index in [-0.39, 0.29) is 18.6 Å². The lowest BCUT2D eigenvalue weighted by Crippen LogP contribution is -2.47. The van der Waals surface area contributed by atoms with E-state index in [1.54, 1.807) is 4.90 Å². The predicted molar refractivity (Wildman–Crippen MR) is 110 cm³/mol. The molecule has 0 aliphatic carbocycles. The Bertz CT molecular complexity index is 1000. The first-order chi connectivity index (χ1) is 14.7.